The quantitative estimate of drug-likeness (QED) is 0.245. The van der Waals surface area contributed by atoms with Gasteiger partial charge in [0.05, 0.1) is 23.3 Å². The molecule has 0 saturated heterocycles. The molecule has 1 aromatic carbocycles. The number of nitrogens with zero attached hydrogens (tertiary/aromatic N) is 2. The van der Waals surface area contributed by atoms with Crippen molar-refractivity contribution >= 4 is 45.5 Å². The van der Waals surface area contributed by atoms with Gasteiger partial charge in [-0.2, -0.15) is 5.10 Å². The monoisotopic (exact) mass is 430 g/mol. The highest BCUT2D eigenvalue weighted by Crippen LogP contribution is 2.39. The van der Waals surface area contributed by atoms with Gasteiger partial charge in [-0.3, -0.25) is 19.7 Å². The maximum absolute atomic E-state index is 12.3. The maximum atomic E-state index is 12.3. The van der Waals surface area contributed by atoms with Gasteiger partial charge in [-0.25, -0.2) is 10.2 Å². The number of hydrogen-bond acceptors (Lipinski definition) is 8. The van der Waals surface area contributed by atoms with Gasteiger partial charge in [0.15, 0.2) is 0 Å². The minimum absolute atomic E-state index is 0.118. The van der Waals surface area contributed by atoms with Crippen LogP contribution < -0.4 is 10.7 Å². The Bertz CT molecular complexity index is 1070. The number of esters is 1. The molecular formula is C19H18N4O6S. The van der Waals surface area contributed by atoms with E-state index in [1.807, 2.05) is 0 Å². The maximum Gasteiger partial charge on any atom is 0.341 e. The van der Waals surface area contributed by atoms with Gasteiger partial charge in [-0.1, -0.05) is 12.1 Å². The number of nitro groups is 1. The third kappa shape index (κ3) is 4.35. The molecule has 1 aromatic heterocycles. The standard InChI is InChI=1S/C19H18N4O6S/c1-10(11-5-3-6-12(9-11)23(27)28)21-22-17(25)16(24)20-18-15(19(26)29-2)13-7-4-8-14(13)30-18/h3,5-6,9H,4,7-8H2,1-2H3,(H,20,24)(H,22,25)/b21-10+. The molecule has 3 rings (SSSR count). The number of ether oxygens (including phenoxy) is 1. The lowest BCUT2D eigenvalue weighted by molar-refractivity contribution is -0.384. The molecule has 0 atom stereocenters. The summed E-state index contributed by atoms with van der Waals surface area (Å²) in [6, 6.07) is 5.72. The first-order valence-electron chi connectivity index (χ1n) is 8.95. The second-order valence-corrected chi connectivity index (χ2v) is 7.56. The van der Waals surface area contributed by atoms with Crippen LogP contribution >= 0.6 is 11.3 Å². The van der Waals surface area contributed by atoms with Crippen molar-refractivity contribution in [2.45, 2.75) is 26.2 Å². The number of carbonyl (C=O) groups excluding carboxylic acids is 3. The number of hydrogen-bond donors (Lipinski definition) is 2. The van der Waals surface area contributed by atoms with Crippen molar-refractivity contribution in [2.24, 2.45) is 5.10 Å². The van der Waals surface area contributed by atoms with Crippen LogP contribution in [0.3, 0.4) is 0 Å². The number of aryl methyl sites for hydroxylation is 1. The van der Waals surface area contributed by atoms with Crippen LogP contribution in [0.15, 0.2) is 29.4 Å². The van der Waals surface area contributed by atoms with Crippen LogP contribution in [0, 0.1) is 10.1 Å². The highest BCUT2D eigenvalue weighted by Gasteiger charge is 2.29. The van der Waals surface area contributed by atoms with Gasteiger partial charge in [0, 0.05) is 22.6 Å². The number of fused-ring (bicyclic) bond motifs is 1. The minimum Gasteiger partial charge on any atom is -0.465 e. The lowest BCUT2D eigenvalue weighted by Crippen LogP contribution is -2.33. The molecule has 2 N–H and O–H groups in total. The summed E-state index contributed by atoms with van der Waals surface area (Å²) in [6.45, 7) is 1.54. The summed E-state index contributed by atoms with van der Waals surface area (Å²) in [5.74, 6) is -2.59. The normalized spacial score (nSPS) is 12.8. The fraction of sp³-hybridized carbons (Fsp3) is 0.263. The molecule has 2 amide bonds. The van der Waals surface area contributed by atoms with Crippen molar-refractivity contribution in [2.75, 3.05) is 12.4 Å². The number of amides is 2. The number of benzene rings is 1. The predicted octanol–water partition coefficient (Wildman–Crippen LogP) is 2.41. The molecule has 0 unspecified atom stereocenters. The number of nitro benzene ring substituents is 1. The van der Waals surface area contributed by atoms with Crippen LogP contribution in [0.4, 0.5) is 10.7 Å². The van der Waals surface area contributed by atoms with Crippen LogP contribution in [-0.4, -0.2) is 35.5 Å². The molecule has 1 aliphatic rings. The number of non-ortho nitro benzene ring substituents is 1. The van der Waals surface area contributed by atoms with Crippen molar-refractivity contribution in [1.29, 1.82) is 0 Å². The first kappa shape index (κ1) is 21.1. The van der Waals surface area contributed by atoms with Gasteiger partial charge in [0.25, 0.3) is 5.69 Å². The van der Waals surface area contributed by atoms with Crippen LogP contribution in [0.25, 0.3) is 0 Å². The number of anilines is 1. The number of carbonyl (C=O) groups is 3. The molecular weight excluding hydrogens is 412 g/mol. The Hall–Kier alpha value is -3.60. The van der Waals surface area contributed by atoms with Crippen molar-refractivity contribution < 1.29 is 24.0 Å². The molecule has 0 radical (unpaired) electrons. The zero-order valence-corrected chi connectivity index (χ0v) is 17.0. The first-order chi connectivity index (χ1) is 14.3. The molecule has 0 bridgehead atoms. The van der Waals surface area contributed by atoms with Crippen LogP contribution in [0.5, 0.6) is 0 Å². The highest BCUT2D eigenvalue weighted by molar-refractivity contribution is 7.17. The Morgan fingerprint density at radius 3 is 2.70 bits per heavy atom. The van der Waals surface area contributed by atoms with E-state index in [0.717, 1.165) is 23.3 Å². The van der Waals surface area contributed by atoms with Crippen molar-refractivity contribution in [3.05, 3.63) is 55.9 Å². The number of hydrazone groups is 1. The van der Waals surface area contributed by atoms with Gasteiger partial charge in [0.2, 0.25) is 0 Å². The molecule has 0 aliphatic heterocycles. The lowest BCUT2D eigenvalue weighted by Gasteiger charge is -2.06. The Morgan fingerprint density at radius 2 is 2.00 bits per heavy atom. The van der Waals surface area contributed by atoms with Crippen LogP contribution in [0.2, 0.25) is 0 Å². The molecule has 1 aliphatic carbocycles. The summed E-state index contributed by atoms with van der Waals surface area (Å²) in [6.07, 6.45) is 2.44. The van der Waals surface area contributed by atoms with Crippen molar-refractivity contribution in [3.8, 4) is 0 Å². The molecule has 1 heterocycles. The molecule has 0 spiro atoms. The van der Waals surface area contributed by atoms with Gasteiger partial charge in [-0.15, -0.1) is 11.3 Å². The molecule has 156 valence electrons. The van der Waals surface area contributed by atoms with E-state index in [4.69, 9.17) is 4.74 Å². The van der Waals surface area contributed by atoms with E-state index >= 15 is 0 Å². The molecule has 11 heteroatoms. The number of nitrogens with one attached hydrogen (secondary N) is 2. The summed E-state index contributed by atoms with van der Waals surface area (Å²) in [7, 11) is 1.26. The van der Waals surface area contributed by atoms with Crippen molar-refractivity contribution in [1.82, 2.24) is 5.43 Å². The Morgan fingerprint density at radius 1 is 1.23 bits per heavy atom. The molecule has 10 nitrogen and oxygen atoms in total. The smallest absolute Gasteiger partial charge is 0.341 e. The number of rotatable bonds is 5. The van der Waals surface area contributed by atoms with Gasteiger partial charge >= 0.3 is 17.8 Å². The first-order valence-corrected chi connectivity index (χ1v) is 9.76. The summed E-state index contributed by atoms with van der Waals surface area (Å²) in [5.41, 5.74) is 3.84. The SMILES string of the molecule is COC(=O)c1c(NC(=O)C(=O)N/N=C(\C)c2cccc([N+](=O)[O-])c2)sc2c1CCC2. The second-order valence-electron chi connectivity index (χ2n) is 6.45. The summed E-state index contributed by atoms with van der Waals surface area (Å²) in [5, 5.41) is 17.4. The van der Waals surface area contributed by atoms with Crippen molar-refractivity contribution in [3.63, 3.8) is 0 Å². The Balaban J connectivity index is 1.71. The topological polar surface area (TPSA) is 140 Å². The van der Waals surface area contributed by atoms with Crippen LogP contribution in [0.1, 0.15) is 39.7 Å². The van der Waals surface area contributed by atoms with E-state index in [0.29, 0.717) is 12.0 Å². The Labute approximate surface area is 175 Å². The Kier molecular flexibility index (Phi) is 6.21. The molecule has 0 saturated carbocycles. The molecule has 0 fully saturated rings. The minimum atomic E-state index is -1.04. The van der Waals surface area contributed by atoms with E-state index < -0.39 is 22.7 Å². The fourth-order valence-corrected chi connectivity index (χ4v) is 4.34. The average Bonchev–Trinajstić information content (AvgIpc) is 3.31. The van der Waals surface area contributed by atoms with E-state index in [1.165, 1.54) is 43.6 Å². The largest absolute Gasteiger partial charge is 0.465 e. The summed E-state index contributed by atoms with van der Waals surface area (Å²) >= 11 is 1.25. The third-order valence-electron chi connectivity index (χ3n) is 4.54. The molecule has 2 aromatic rings. The van der Waals surface area contributed by atoms with E-state index in [1.54, 1.807) is 6.07 Å². The summed E-state index contributed by atoms with van der Waals surface area (Å²) < 4.78 is 4.80. The predicted molar refractivity (Wildman–Crippen MR) is 110 cm³/mol. The third-order valence-corrected chi connectivity index (χ3v) is 5.75. The zero-order valence-electron chi connectivity index (χ0n) is 16.2. The number of methoxy groups -OCH3 is 1. The van der Waals surface area contributed by atoms with E-state index in [2.05, 4.69) is 15.8 Å². The van der Waals surface area contributed by atoms with Gasteiger partial charge < -0.3 is 10.1 Å². The number of thiophene rings is 1. The second kappa shape index (κ2) is 8.82. The van der Waals surface area contributed by atoms with Crippen LogP contribution in [-0.2, 0) is 27.2 Å². The van der Waals surface area contributed by atoms with Gasteiger partial charge in [-0.05, 0) is 31.7 Å². The average molecular weight is 430 g/mol. The highest BCUT2D eigenvalue weighted by atomic mass is 32.1. The molecule has 30 heavy (non-hydrogen) atoms. The van der Waals surface area contributed by atoms with E-state index in [9.17, 15) is 24.5 Å². The van der Waals surface area contributed by atoms with Gasteiger partial charge in [0.1, 0.15) is 5.00 Å². The zero-order chi connectivity index (χ0) is 21.8. The fourth-order valence-electron chi connectivity index (χ4n) is 3.06. The lowest BCUT2D eigenvalue weighted by atomic mass is 10.1. The summed E-state index contributed by atoms with van der Waals surface area (Å²) in [4.78, 5) is 47.8. The van der Waals surface area contributed by atoms with E-state index in [-0.39, 0.29) is 22.0 Å².